The summed E-state index contributed by atoms with van der Waals surface area (Å²) in [4.78, 5) is 2.30. The van der Waals surface area contributed by atoms with Crippen LogP contribution in [0.1, 0.15) is 40.2 Å². The summed E-state index contributed by atoms with van der Waals surface area (Å²) in [6.45, 7) is 14.1. The summed E-state index contributed by atoms with van der Waals surface area (Å²) >= 11 is 6.17. The van der Waals surface area contributed by atoms with Gasteiger partial charge in [-0.2, -0.15) is 0 Å². The minimum Gasteiger partial charge on any atom is -0.374 e. The molecule has 20 heavy (non-hydrogen) atoms. The lowest BCUT2D eigenvalue weighted by molar-refractivity contribution is 0.418. The molecule has 0 spiro atoms. The van der Waals surface area contributed by atoms with Gasteiger partial charge in [-0.1, -0.05) is 52.3 Å². The summed E-state index contributed by atoms with van der Waals surface area (Å²) in [5.41, 5.74) is 2.80. The first-order valence-electron chi connectivity index (χ1n) is 7.39. The van der Waals surface area contributed by atoms with Crippen LogP contribution in [0.5, 0.6) is 0 Å². The second kappa shape index (κ2) is 7.33. The van der Waals surface area contributed by atoms with E-state index in [0.29, 0.717) is 5.92 Å². The summed E-state index contributed by atoms with van der Waals surface area (Å²) in [6.07, 6.45) is 0. The number of hydrogen-bond acceptors (Lipinski definition) is 2. The van der Waals surface area contributed by atoms with Gasteiger partial charge in [-0.25, -0.2) is 0 Å². The SMILES string of the molecule is CC(C)CNCc1ccc(Cl)cc1N(C)CC(C)(C)C. The van der Waals surface area contributed by atoms with Gasteiger partial charge >= 0.3 is 0 Å². The lowest BCUT2D eigenvalue weighted by Gasteiger charge is -2.30. The zero-order chi connectivity index (χ0) is 15.3. The van der Waals surface area contributed by atoms with Crippen LogP contribution in [0.15, 0.2) is 18.2 Å². The van der Waals surface area contributed by atoms with Gasteiger partial charge in [0.1, 0.15) is 0 Å². The van der Waals surface area contributed by atoms with E-state index in [1.54, 1.807) is 0 Å². The Hall–Kier alpha value is -0.730. The number of nitrogens with one attached hydrogen (secondary N) is 1. The highest BCUT2D eigenvalue weighted by Gasteiger charge is 2.16. The van der Waals surface area contributed by atoms with Crippen LogP contribution in [-0.2, 0) is 6.54 Å². The Labute approximate surface area is 129 Å². The molecular formula is C17H29ClN2. The van der Waals surface area contributed by atoms with Crippen molar-refractivity contribution in [1.29, 1.82) is 0 Å². The molecule has 0 aliphatic rings. The third-order valence-corrected chi connectivity index (χ3v) is 3.27. The molecule has 0 unspecified atom stereocenters. The Bertz CT molecular complexity index is 421. The molecule has 0 aliphatic heterocycles. The standard InChI is InChI=1S/C17H29ClN2/c1-13(2)10-19-11-14-7-8-15(18)9-16(14)20(6)12-17(3,4)5/h7-9,13,19H,10-12H2,1-6H3. The molecule has 0 amide bonds. The molecule has 114 valence electrons. The quantitative estimate of drug-likeness (QED) is 0.827. The van der Waals surface area contributed by atoms with E-state index < -0.39 is 0 Å². The lowest BCUT2D eigenvalue weighted by atomic mass is 9.95. The molecule has 3 heteroatoms. The first kappa shape index (κ1) is 17.3. The van der Waals surface area contributed by atoms with Gasteiger partial charge in [0, 0.05) is 30.8 Å². The van der Waals surface area contributed by atoms with Crippen LogP contribution in [0.3, 0.4) is 0 Å². The maximum Gasteiger partial charge on any atom is 0.0426 e. The van der Waals surface area contributed by atoms with Crippen molar-refractivity contribution >= 4 is 17.3 Å². The average Bonchev–Trinajstić information content (AvgIpc) is 2.28. The van der Waals surface area contributed by atoms with Crippen molar-refractivity contribution in [2.24, 2.45) is 11.3 Å². The first-order valence-corrected chi connectivity index (χ1v) is 7.77. The zero-order valence-corrected chi connectivity index (χ0v) is 14.5. The summed E-state index contributed by atoms with van der Waals surface area (Å²) in [5, 5.41) is 4.31. The van der Waals surface area contributed by atoms with Crippen LogP contribution in [0.2, 0.25) is 5.02 Å². The van der Waals surface area contributed by atoms with Crippen molar-refractivity contribution in [3.8, 4) is 0 Å². The number of benzene rings is 1. The predicted octanol–water partition coefficient (Wildman–Crippen LogP) is 4.57. The van der Waals surface area contributed by atoms with E-state index in [0.717, 1.165) is 24.7 Å². The Kier molecular flexibility index (Phi) is 6.35. The fourth-order valence-corrected chi connectivity index (χ4v) is 2.50. The van der Waals surface area contributed by atoms with Crippen LogP contribution in [0.4, 0.5) is 5.69 Å². The van der Waals surface area contributed by atoms with Crippen molar-refractivity contribution in [1.82, 2.24) is 5.32 Å². The Morgan fingerprint density at radius 3 is 2.45 bits per heavy atom. The molecule has 0 radical (unpaired) electrons. The van der Waals surface area contributed by atoms with E-state index in [4.69, 9.17) is 11.6 Å². The van der Waals surface area contributed by atoms with Crippen LogP contribution in [-0.4, -0.2) is 20.1 Å². The second-order valence-corrected chi connectivity index (χ2v) is 7.65. The van der Waals surface area contributed by atoms with E-state index in [9.17, 15) is 0 Å². The highest BCUT2D eigenvalue weighted by molar-refractivity contribution is 6.30. The summed E-state index contributed by atoms with van der Waals surface area (Å²) in [7, 11) is 2.14. The Balaban J connectivity index is 2.84. The fourth-order valence-electron chi connectivity index (χ4n) is 2.33. The molecule has 0 atom stereocenters. The monoisotopic (exact) mass is 296 g/mol. The molecule has 1 rings (SSSR count). The van der Waals surface area contributed by atoms with Gasteiger partial charge in [0.15, 0.2) is 0 Å². The minimum atomic E-state index is 0.264. The van der Waals surface area contributed by atoms with Crippen molar-refractivity contribution in [2.75, 3.05) is 25.0 Å². The average molecular weight is 297 g/mol. The van der Waals surface area contributed by atoms with Crippen molar-refractivity contribution < 1.29 is 0 Å². The topological polar surface area (TPSA) is 15.3 Å². The number of hydrogen-bond donors (Lipinski definition) is 1. The molecule has 2 nitrogen and oxygen atoms in total. The van der Waals surface area contributed by atoms with Crippen molar-refractivity contribution in [2.45, 2.75) is 41.2 Å². The predicted molar refractivity (Wildman–Crippen MR) is 90.7 cm³/mol. The molecule has 0 saturated carbocycles. The Morgan fingerprint density at radius 1 is 1.25 bits per heavy atom. The van der Waals surface area contributed by atoms with Gasteiger partial charge in [0.05, 0.1) is 0 Å². The van der Waals surface area contributed by atoms with E-state index in [-0.39, 0.29) is 5.41 Å². The second-order valence-electron chi connectivity index (χ2n) is 7.21. The zero-order valence-electron chi connectivity index (χ0n) is 13.8. The normalized spacial score (nSPS) is 12.0. The molecule has 0 fully saturated rings. The molecule has 1 N–H and O–H groups in total. The van der Waals surface area contributed by atoms with Gasteiger partial charge in [-0.15, -0.1) is 0 Å². The molecule has 0 aliphatic carbocycles. The van der Waals surface area contributed by atoms with Crippen LogP contribution < -0.4 is 10.2 Å². The molecule has 0 saturated heterocycles. The van der Waals surface area contributed by atoms with E-state index >= 15 is 0 Å². The highest BCUT2D eigenvalue weighted by atomic mass is 35.5. The van der Waals surface area contributed by atoms with Crippen LogP contribution in [0, 0.1) is 11.3 Å². The van der Waals surface area contributed by atoms with Crippen molar-refractivity contribution in [3.05, 3.63) is 28.8 Å². The van der Waals surface area contributed by atoms with Gasteiger partial charge in [0.2, 0.25) is 0 Å². The molecule has 0 bridgehead atoms. The number of rotatable bonds is 6. The molecule has 1 aromatic rings. The van der Waals surface area contributed by atoms with Crippen LogP contribution >= 0.6 is 11.6 Å². The molecule has 0 aromatic heterocycles. The Morgan fingerprint density at radius 2 is 1.90 bits per heavy atom. The van der Waals surface area contributed by atoms with Crippen LogP contribution in [0.25, 0.3) is 0 Å². The largest absolute Gasteiger partial charge is 0.374 e. The minimum absolute atomic E-state index is 0.264. The first-order chi connectivity index (χ1) is 9.19. The number of nitrogens with zero attached hydrogens (tertiary/aromatic N) is 1. The maximum absolute atomic E-state index is 6.17. The van der Waals surface area contributed by atoms with E-state index in [2.05, 4.69) is 64.0 Å². The third-order valence-electron chi connectivity index (χ3n) is 3.04. The molecular weight excluding hydrogens is 268 g/mol. The smallest absolute Gasteiger partial charge is 0.0426 e. The molecule has 1 aromatic carbocycles. The van der Waals surface area contributed by atoms with E-state index in [1.165, 1.54) is 11.3 Å². The molecule has 0 heterocycles. The van der Waals surface area contributed by atoms with Gasteiger partial charge in [0.25, 0.3) is 0 Å². The summed E-state index contributed by atoms with van der Waals surface area (Å²) in [5.74, 6) is 0.665. The van der Waals surface area contributed by atoms with Gasteiger partial charge < -0.3 is 10.2 Å². The summed E-state index contributed by atoms with van der Waals surface area (Å²) < 4.78 is 0. The van der Waals surface area contributed by atoms with E-state index in [1.807, 2.05) is 6.07 Å². The lowest BCUT2D eigenvalue weighted by Crippen LogP contribution is -2.30. The number of anilines is 1. The van der Waals surface area contributed by atoms with Crippen molar-refractivity contribution in [3.63, 3.8) is 0 Å². The summed E-state index contributed by atoms with van der Waals surface area (Å²) in [6, 6.07) is 6.17. The maximum atomic E-state index is 6.17. The fraction of sp³-hybridized carbons (Fsp3) is 0.647. The van der Waals surface area contributed by atoms with Gasteiger partial charge in [-0.3, -0.25) is 0 Å². The number of halogens is 1. The highest BCUT2D eigenvalue weighted by Crippen LogP contribution is 2.27. The third kappa shape index (κ3) is 6.15. The van der Waals surface area contributed by atoms with Gasteiger partial charge in [-0.05, 0) is 35.6 Å².